The van der Waals surface area contributed by atoms with Gasteiger partial charge in [-0.15, -0.1) is 12.4 Å². The molecule has 0 spiro atoms. The van der Waals surface area contributed by atoms with Crippen LogP contribution in [-0.2, 0) is 41.9 Å². The van der Waals surface area contributed by atoms with Crippen LogP contribution in [-0.4, -0.2) is 180 Å². The Bertz CT molecular complexity index is 5550. The van der Waals surface area contributed by atoms with Gasteiger partial charge in [-0.3, -0.25) is 56.3 Å². The number of carbonyl (C=O) groups excluding carboxylic acids is 5. The minimum atomic E-state index is -0.843. The fraction of sp³-hybridized carbons (Fsp3) is 0.413. The minimum absolute atomic E-state index is 0. The SMILES string of the molecule is Cc1cn2c(C3CC(=O)C3)nc(Br)c2c(Cl)n1.Cc1cn2c(C3CC(=O)C3)ncc2c(Cl)n1.Cc1cn2c(C3CC(C)(O)C3)nc(Br)c2c(Cl)n1.Cc1cn2c(C3CC(C)(O)C3)nc(Br)c2c(N)n1.Cc1cnc(C#N)c(Cl)n1.Cc1cnc(CN)c(Cl)n1.Cc1cnc(CNC(=O)C2CC(=O)C2)c(Cl)n1.Cl.N.O=C1CC(C(=O)O)C1.[B]=NS.[CH3-].[Cl-].[Mg+2]. The summed E-state index contributed by atoms with van der Waals surface area (Å²) in [5.41, 5.74) is 20.3. The standard InChI is InChI=1S/C12H13BrClN3O.C12H15BrN4O.C11H9BrClN3O.C11H12ClN3O2.C11H10ClN3O.C6H8ClN3.C6H4ClN3.C5H6O3.CH3.BHNS.2ClH.Mg.H3N/c2*1-6-5-17-8(10(14)15-6)9(13)16-11(17)7-3-12(2,18)4-7;1-5-4-16-8(10(13)14-5)9(12)15-11(16)6-2-7(17)3-6;1-6-4-13-9(10(12)15-6)5-14-11(17)7-2-8(16)3-7;1-6-5-15-9(10(12)14-6)4-13-11(15)7-2-8(16)3-7;2*1-4-3-9-5(2-8)6(7)10-4;6-4-1-3(2-4)5(7)8;;1-2-3;;;;/h5,7,18H,3-4H2,1-2H3;5,7,18H,3-4H2,1-2H3,(H2,14,15);4,6H,2-3H2,1H3;4,7H,2-3,5H2,1H3,(H,14,17);4-5,7H,2-3H2,1H3;3H,2,8H2,1H3;3H,1H3;3H,1-2H2,(H,7,8);1H3;3H;2*1H;;1H3/q;;;;;;;;-1;;;;+2;/p-1. The van der Waals surface area contributed by atoms with E-state index in [9.17, 15) is 39.0 Å². The molecular formula is C75H85BBr3Cl8MgN24O9S. The van der Waals surface area contributed by atoms with Crippen molar-refractivity contribution < 1.29 is 56.5 Å². The van der Waals surface area contributed by atoms with Crippen molar-refractivity contribution in [1.82, 2.24) is 98.8 Å². The van der Waals surface area contributed by atoms with Crippen molar-refractivity contribution in [2.45, 2.75) is 187 Å². The maximum absolute atomic E-state index is 11.6. The number of anilines is 1. The van der Waals surface area contributed by atoms with E-state index in [4.69, 9.17) is 91.4 Å². The molecule has 47 heteroatoms. The molecule has 11 N–H and O–H groups in total. The molecule has 6 aliphatic carbocycles. The third-order valence-corrected chi connectivity index (χ3v) is 22.2. The molecular weight excluding hydrogens is 1970 g/mol. The first kappa shape index (κ1) is 108. The second-order valence-corrected chi connectivity index (χ2v) is 33.6. The molecule has 0 bridgehead atoms. The van der Waals surface area contributed by atoms with Gasteiger partial charge < -0.3 is 58.1 Å². The fourth-order valence-corrected chi connectivity index (χ4v) is 16.5. The van der Waals surface area contributed by atoms with E-state index in [1.54, 1.807) is 32.4 Å². The van der Waals surface area contributed by atoms with Gasteiger partial charge in [0, 0.05) is 125 Å². The summed E-state index contributed by atoms with van der Waals surface area (Å²) in [6.07, 6.45) is 20.6. The number of carboxylic acids is 1. The average Bonchev–Trinajstić information content (AvgIpc) is 1.61. The van der Waals surface area contributed by atoms with E-state index in [1.165, 1.54) is 6.20 Å². The molecule has 11 aromatic rings. The van der Waals surface area contributed by atoms with Gasteiger partial charge in [-0.2, -0.15) is 5.26 Å². The molecule has 6 fully saturated rings. The van der Waals surface area contributed by atoms with Gasteiger partial charge >= 0.3 is 53.8 Å². The zero-order valence-electron chi connectivity index (χ0n) is 67.5. The molecule has 17 rings (SSSR count). The second kappa shape index (κ2) is 47.1. The average molecular weight is 2060 g/mol. The number of aliphatic hydroxyl groups is 2. The summed E-state index contributed by atoms with van der Waals surface area (Å²) in [4.78, 5) is 123. The normalized spacial score (nSPS) is 17.7. The van der Waals surface area contributed by atoms with Gasteiger partial charge in [-0.1, -0.05) is 69.6 Å². The Morgan fingerprint density at radius 3 is 1.26 bits per heavy atom. The van der Waals surface area contributed by atoms with Crippen LogP contribution in [0.4, 0.5) is 5.82 Å². The number of fused-ring (bicyclic) bond motifs is 4. The zero-order chi connectivity index (χ0) is 86.0. The molecule has 0 atom stereocenters. The number of ketones is 4. The van der Waals surface area contributed by atoms with Gasteiger partial charge in [0.2, 0.25) is 5.91 Å². The number of amides is 1. The molecule has 11 aromatic heterocycles. The molecule has 6 saturated carbocycles. The number of carbonyl (C=O) groups is 6. The number of hydrogen-bond donors (Lipinski definition) is 8. The van der Waals surface area contributed by atoms with Gasteiger partial charge in [0.05, 0.1) is 87.0 Å². The van der Waals surface area contributed by atoms with Crippen molar-refractivity contribution in [2.24, 2.45) is 21.9 Å². The Labute approximate surface area is 792 Å². The van der Waals surface area contributed by atoms with Crippen LogP contribution >= 0.6 is 143 Å². The quantitative estimate of drug-likeness (QED) is 0.0378. The maximum Gasteiger partial charge on any atom is 2.00 e. The van der Waals surface area contributed by atoms with Crippen LogP contribution in [0.3, 0.4) is 0 Å². The first-order valence-electron chi connectivity index (χ1n) is 35.9. The van der Waals surface area contributed by atoms with E-state index in [2.05, 4.69) is 148 Å². The first-order valence-corrected chi connectivity index (χ1v) is 41.0. The van der Waals surface area contributed by atoms with Gasteiger partial charge in [0.25, 0.3) is 0 Å². The summed E-state index contributed by atoms with van der Waals surface area (Å²) in [6, 6.07) is 1.82. The number of thiol groups is 1. The first-order chi connectivity index (χ1) is 55.1. The van der Waals surface area contributed by atoms with Crippen LogP contribution < -0.4 is 35.3 Å². The molecule has 0 unspecified atom stereocenters. The Morgan fingerprint density at radius 1 is 0.541 bits per heavy atom. The Balaban J connectivity index is 0.000000293. The number of rotatable bonds is 9. The monoisotopic (exact) mass is 2050 g/mol. The number of halogens is 11. The molecule has 33 nitrogen and oxygen atoms in total. The number of nitrogens with one attached hydrogen (secondary N) is 1. The third-order valence-electron chi connectivity index (χ3n) is 18.9. The number of carboxylic acid groups (broad SMARTS) is 1. The number of nitrogen functional groups attached to an aromatic ring is 1. The summed E-state index contributed by atoms with van der Waals surface area (Å²) < 4.78 is 12.7. The summed E-state index contributed by atoms with van der Waals surface area (Å²) in [5.74, 6) is 4.46. The van der Waals surface area contributed by atoms with Crippen LogP contribution in [0.25, 0.3) is 22.1 Å². The molecule has 6 aliphatic rings. The number of nitrogens with two attached hydrogens (primary N) is 2. The fourth-order valence-electron chi connectivity index (χ4n) is 12.9. The maximum atomic E-state index is 11.6. The second-order valence-electron chi connectivity index (χ2n) is 29.0. The van der Waals surface area contributed by atoms with Crippen LogP contribution in [0.5, 0.6) is 0 Å². The van der Waals surface area contributed by atoms with E-state index in [1.807, 2.05) is 96.9 Å². The molecule has 1 amide bonds. The summed E-state index contributed by atoms with van der Waals surface area (Å²) >= 11 is 48.8. The number of hydrogen-bond acceptors (Lipinski definition) is 28. The molecule has 0 aliphatic heterocycles. The number of aryl methyl sites for hydroxylation is 7. The number of aromatic nitrogens is 18. The van der Waals surface area contributed by atoms with Gasteiger partial charge in [0.15, 0.2) is 42.4 Å². The van der Waals surface area contributed by atoms with E-state index in [-0.39, 0.29) is 145 Å². The van der Waals surface area contributed by atoms with Crippen LogP contribution in [0, 0.1) is 79.1 Å². The summed E-state index contributed by atoms with van der Waals surface area (Å²) in [5, 5.41) is 41.2. The molecule has 11 heterocycles. The van der Waals surface area contributed by atoms with E-state index in [0.717, 1.165) is 105 Å². The number of imidazole rings is 4. The predicted molar refractivity (Wildman–Crippen MR) is 477 cm³/mol. The summed E-state index contributed by atoms with van der Waals surface area (Å²) in [6.45, 7) is 17.3. The Hall–Kier alpha value is -6.79. The van der Waals surface area contributed by atoms with Crippen LogP contribution in [0.1, 0.15) is 195 Å². The van der Waals surface area contributed by atoms with E-state index >= 15 is 0 Å². The van der Waals surface area contributed by atoms with Crippen molar-refractivity contribution in [3.8, 4) is 6.07 Å². The topological polar surface area (TPSA) is 496 Å². The van der Waals surface area contributed by atoms with Crippen molar-refractivity contribution in [3.63, 3.8) is 0 Å². The van der Waals surface area contributed by atoms with Crippen LogP contribution in [0.2, 0.25) is 30.9 Å². The summed E-state index contributed by atoms with van der Waals surface area (Å²) in [7, 11) is 4.34. The molecule has 122 heavy (non-hydrogen) atoms. The Morgan fingerprint density at radius 2 is 0.885 bits per heavy atom. The van der Waals surface area contributed by atoms with E-state index in [0.29, 0.717) is 119 Å². The van der Waals surface area contributed by atoms with Gasteiger partial charge in [-0.05, 0) is 136 Å². The number of nitrogens with zero attached hydrogens (tertiary/aromatic N) is 20. The number of Topliss-reactive ketones (excluding diaryl/α,β-unsaturated/α-hetero) is 4. The van der Waals surface area contributed by atoms with Crippen molar-refractivity contribution in [3.05, 3.63) is 182 Å². The molecule has 0 saturated heterocycles. The van der Waals surface area contributed by atoms with Gasteiger partial charge in [0.1, 0.15) is 88.4 Å². The number of nitriles is 1. The van der Waals surface area contributed by atoms with Crippen molar-refractivity contribution in [1.29, 1.82) is 5.26 Å². The predicted octanol–water partition coefficient (Wildman–Crippen LogP) is 11.3. The molecule has 0 aromatic carbocycles. The zero-order valence-corrected chi connectivity index (χ0v) is 80.7. The molecule has 1 radical (unpaired) electrons. The third kappa shape index (κ3) is 27.9. The van der Waals surface area contributed by atoms with Gasteiger partial charge in [-0.25, -0.2) is 59.8 Å². The van der Waals surface area contributed by atoms with Crippen molar-refractivity contribution in [2.75, 3.05) is 5.73 Å². The molecule has 647 valence electrons. The Kier molecular flexibility index (Phi) is 41.6. The minimum Gasteiger partial charge on any atom is -1.00 e. The number of aliphatic carboxylic acids is 1. The smallest absolute Gasteiger partial charge is 1.00 e. The van der Waals surface area contributed by atoms with E-state index < -0.39 is 17.2 Å². The van der Waals surface area contributed by atoms with Crippen LogP contribution in [0.15, 0.2) is 67.7 Å². The largest absolute Gasteiger partial charge is 2.00 e. The van der Waals surface area contributed by atoms with Crippen molar-refractivity contribution >= 4 is 236 Å².